The Labute approximate surface area is 177 Å². The molecule has 2 aliphatic rings. The highest BCUT2D eigenvalue weighted by atomic mass is 16.5. The van der Waals surface area contributed by atoms with Gasteiger partial charge in [0, 0.05) is 31.8 Å². The van der Waals surface area contributed by atoms with Gasteiger partial charge in [0.2, 0.25) is 0 Å². The summed E-state index contributed by atoms with van der Waals surface area (Å²) in [5, 5.41) is 9.72. The van der Waals surface area contributed by atoms with Crippen molar-refractivity contribution in [2.75, 3.05) is 20.2 Å². The van der Waals surface area contributed by atoms with Crippen LogP contribution in [-0.4, -0.2) is 47.0 Å². The van der Waals surface area contributed by atoms with Crippen LogP contribution in [0.2, 0.25) is 0 Å². The Morgan fingerprint density at radius 2 is 2.20 bits per heavy atom. The topological polar surface area (TPSA) is 83.2 Å². The summed E-state index contributed by atoms with van der Waals surface area (Å²) in [4.78, 5) is 27.8. The Hall–Kier alpha value is -2.96. The number of carbonyl (C=O) groups is 2. The maximum absolute atomic E-state index is 12.8. The van der Waals surface area contributed by atoms with Crippen molar-refractivity contribution in [1.29, 1.82) is 0 Å². The molecule has 1 aromatic rings. The smallest absolute Gasteiger partial charge is 0.412 e. The van der Waals surface area contributed by atoms with Gasteiger partial charge in [-0.1, -0.05) is 33.3 Å². The maximum Gasteiger partial charge on any atom is 0.412 e. The van der Waals surface area contributed by atoms with Crippen LogP contribution < -0.4 is 0 Å². The summed E-state index contributed by atoms with van der Waals surface area (Å²) in [6.45, 7) is 7.30. The molecule has 2 heterocycles. The van der Waals surface area contributed by atoms with E-state index in [-0.39, 0.29) is 18.1 Å². The number of furan rings is 1. The molecule has 1 N–H and O–H groups in total. The highest BCUT2D eigenvalue weighted by Crippen LogP contribution is 2.41. The lowest BCUT2D eigenvalue weighted by Crippen LogP contribution is -2.40. The first-order chi connectivity index (χ1) is 14.3. The fraction of sp³-hybridized carbons (Fsp3) is 0.478. The average Bonchev–Trinajstić information content (AvgIpc) is 3.21. The van der Waals surface area contributed by atoms with Crippen LogP contribution in [0.5, 0.6) is 0 Å². The van der Waals surface area contributed by atoms with Gasteiger partial charge in [0.1, 0.15) is 5.76 Å². The van der Waals surface area contributed by atoms with Crippen LogP contribution in [0, 0.1) is 5.92 Å². The van der Waals surface area contributed by atoms with E-state index >= 15 is 0 Å². The van der Waals surface area contributed by atoms with Crippen molar-refractivity contribution in [2.45, 2.75) is 46.0 Å². The summed E-state index contributed by atoms with van der Waals surface area (Å²) in [7, 11) is 1.52. The normalized spacial score (nSPS) is 18.9. The Kier molecular flexibility index (Phi) is 6.70. The van der Waals surface area contributed by atoms with Gasteiger partial charge in [-0.15, -0.1) is 0 Å². The molecular weight excluding hydrogens is 384 g/mol. The monoisotopic (exact) mass is 414 g/mol. The largest absolute Gasteiger partial charge is 0.489 e. The maximum atomic E-state index is 12.8. The van der Waals surface area contributed by atoms with Crippen LogP contribution in [0.1, 0.15) is 51.7 Å². The number of carbonyl (C=O) groups excluding carboxylic acids is 1. The van der Waals surface area contributed by atoms with Gasteiger partial charge in [0.15, 0.2) is 17.4 Å². The second-order valence-corrected chi connectivity index (χ2v) is 8.11. The zero-order chi connectivity index (χ0) is 21.8. The number of hydrogen-bond donors (Lipinski definition) is 1. The van der Waals surface area contributed by atoms with Gasteiger partial charge in [0.05, 0.1) is 18.8 Å². The van der Waals surface area contributed by atoms with Crippen molar-refractivity contribution in [3.8, 4) is 0 Å². The standard InChI is InChI=1S/C23H30N2O5/c1-5-6-9-30-21-17-12-18(20-8-7-10-29-20)19(26)11-16(17)14-25(13-15(2)3)22(21)24(4)23(27)28/h7-8,10,12,14-15,18H,5-6,9,11,13H2,1-4H3,(H,27,28). The molecule has 7 nitrogen and oxygen atoms in total. The summed E-state index contributed by atoms with van der Waals surface area (Å²) in [6.07, 6.45) is 6.28. The lowest BCUT2D eigenvalue weighted by molar-refractivity contribution is -0.119. The van der Waals surface area contributed by atoms with E-state index in [0.717, 1.165) is 24.0 Å². The number of nitrogens with zero attached hydrogens (tertiary/aromatic N) is 2. The molecule has 0 radical (unpaired) electrons. The first-order valence-electron chi connectivity index (χ1n) is 10.4. The van der Waals surface area contributed by atoms with E-state index in [0.29, 0.717) is 30.5 Å². The molecule has 1 amide bonds. The van der Waals surface area contributed by atoms with Gasteiger partial charge >= 0.3 is 6.09 Å². The second kappa shape index (κ2) is 9.24. The third kappa shape index (κ3) is 4.45. The third-order valence-corrected chi connectivity index (χ3v) is 5.18. The molecule has 3 rings (SSSR count). The van der Waals surface area contributed by atoms with E-state index in [2.05, 4.69) is 20.8 Å². The van der Waals surface area contributed by atoms with E-state index in [1.165, 1.54) is 11.9 Å². The quantitative estimate of drug-likeness (QED) is 0.620. The van der Waals surface area contributed by atoms with Crippen molar-refractivity contribution in [3.63, 3.8) is 0 Å². The number of Topliss-reactive ketones (excluding diaryl/α,β-unsaturated/α-hetero) is 1. The van der Waals surface area contributed by atoms with Crippen LogP contribution in [-0.2, 0) is 9.53 Å². The molecule has 1 aliphatic heterocycles. The third-order valence-electron chi connectivity index (χ3n) is 5.18. The molecule has 1 atom stereocenters. The SMILES string of the molecule is CCCCOC1=C(N(C)C(=O)O)N(CC(C)C)C=C2CC(=O)C(c3ccco3)C=C21. The van der Waals surface area contributed by atoms with Crippen molar-refractivity contribution < 1.29 is 23.8 Å². The van der Waals surface area contributed by atoms with E-state index in [4.69, 9.17) is 9.15 Å². The van der Waals surface area contributed by atoms with E-state index in [9.17, 15) is 14.7 Å². The summed E-state index contributed by atoms with van der Waals surface area (Å²) in [6, 6.07) is 3.55. The molecule has 0 saturated heterocycles. The molecule has 0 fully saturated rings. The number of rotatable bonds is 8. The fourth-order valence-electron chi connectivity index (χ4n) is 3.73. The number of fused-ring (bicyclic) bond motifs is 1. The van der Waals surface area contributed by atoms with E-state index in [1.807, 2.05) is 17.2 Å². The van der Waals surface area contributed by atoms with Crippen LogP contribution in [0.15, 0.2) is 57.8 Å². The van der Waals surface area contributed by atoms with Gasteiger partial charge in [-0.05, 0) is 30.0 Å². The highest BCUT2D eigenvalue weighted by Gasteiger charge is 2.37. The van der Waals surface area contributed by atoms with Crippen molar-refractivity contribution >= 4 is 11.9 Å². The minimum Gasteiger partial charge on any atom is -0.489 e. The molecule has 0 bridgehead atoms. The Morgan fingerprint density at radius 3 is 2.80 bits per heavy atom. The molecule has 162 valence electrons. The van der Waals surface area contributed by atoms with E-state index in [1.54, 1.807) is 18.4 Å². The first kappa shape index (κ1) is 21.7. The molecule has 7 heteroatoms. The number of ketones is 1. The summed E-state index contributed by atoms with van der Waals surface area (Å²) >= 11 is 0. The van der Waals surface area contributed by atoms with Gasteiger partial charge in [0.25, 0.3) is 0 Å². The minimum absolute atomic E-state index is 0.0485. The number of allylic oxidation sites excluding steroid dienone is 2. The van der Waals surface area contributed by atoms with Gasteiger partial charge in [-0.2, -0.15) is 0 Å². The molecular formula is C23H30N2O5. The molecule has 0 aromatic carbocycles. The molecule has 0 saturated carbocycles. The Balaban J connectivity index is 2.13. The van der Waals surface area contributed by atoms with Crippen LogP contribution >= 0.6 is 0 Å². The Bertz CT molecular complexity index is 879. The lowest BCUT2D eigenvalue weighted by Gasteiger charge is -2.38. The van der Waals surface area contributed by atoms with Gasteiger partial charge < -0.3 is 19.2 Å². The molecule has 1 unspecified atom stereocenters. The highest BCUT2D eigenvalue weighted by molar-refractivity contribution is 5.92. The van der Waals surface area contributed by atoms with Crippen LogP contribution in [0.3, 0.4) is 0 Å². The number of carboxylic acid groups (broad SMARTS) is 1. The van der Waals surface area contributed by atoms with Gasteiger partial charge in [-0.25, -0.2) is 4.79 Å². The minimum atomic E-state index is -1.07. The summed E-state index contributed by atoms with van der Waals surface area (Å²) in [5.74, 6) is 1.40. The summed E-state index contributed by atoms with van der Waals surface area (Å²) < 4.78 is 11.7. The van der Waals surface area contributed by atoms with Crippen molar-refractivity contribution in [2.24, 2.45) is 5.92 Å². The second-order valence-electron chi connectivity index (χ2n) is 8.11. The molecule has 30 heavy (non-hydrogen) atoms. The number of amides is 1. The first-order valence-corrected chi connectivity index (χ1v) is 10.4. The van der Waals surface area contributed by atoms with E-state index < -0.39 is 12.0 Å². The predicted octanol–water partition coefficient (Wildman–Crippen LogP) is 4.71. The number of ether oxygens (including phenoxy) is 1. The zero-order valence-electron chi connectivity index (χ0n) is 18.1. The van der Waals surface area contributed by atoms with Crippen LogP contribution in [0.25, 0.3) is 0 Å². The fourth-order valence-corrected chi connectivity index (χ4v) is 3.73. The average molecular weight is 415 g/mol. The number of unbranched alkanes of at least 4 members (excludes halogenated alkanes) is 1. The molecule has 0 spiro atoms. The lowest BCUT2D eigenvalue weighted by atomic mass is 9.82. The molecule has 1 aliphatic carbocycles. The van der Waals surface area contributed by atoms with Gasteiger partial charge in [-0.3, -0.25) is 9.69 Å². The van der Waals surface area contributed by atoms with Crippen LogP contribution in [0.4, 0.5) is 4.79 Å². The summed E-state index contributed by atoms with van der Waals surface area (Å²) in [5.41, 5.74) is 1.62. The predicted molar refractivity (Wildman–Crippen MR) is 112 cm³/mol. The van der Waals surface area contributed by atoms with Crippen molar-refractivity contribution in [3.05, 3.63) is 59.2 Å². The zero-order valence-corrected chi connectivity index (χ0v) is 18.1. The number of hydrogen-bond acceptors (Lipinski definition) is 5. The molecule has 1 aromatic heterocycles. The van der Waals surface area contributed by atoms with Crippen molar-refractivity contribution in [1.82, 2.24) is 9.80 Å². The Morgan fingerprint density at radius 1 is 1.43 bits per heavy atom.